The molecule has 1 aliphatic heterocycles. The first-order valence-electron chi connectivity index (χ1n) is 12.1. The first-order chi connectivity index (χ1) is 16.8. The number of aromatic nitrogens is 3. The molecule has 2 aliphatic carbocycles. The van der Waals surface area contributed by atoms with Gasteiger partial charge in [-0.3, -0.25) is 10.1 Å². The summed E-state index contributed by atoms with van der Waals surface area (Å²) in [6.07, 6.45) is 9.12. The molecule has 0 spiro atoms. The molecule has 0 bridgehead atoms. The van der Waals surface area contributed by atoms with Crippen molar-refractivity contribution in [3.8, 4) is 0 Å². The van der Waals surface area contributed by atoms with Crippen molar-refractivity contribution in [2.45, 2.75) is 70.0 Å². The number of urea groups is 1. The van der Waals surface area contributed by atoms with Crippen LogP contribution in [0.15, 0.2) is 18.0 Å². The van der Waals surface area contributed by atoms with E-state index < -0.39 is 22.0 Å². The Morgan fingerprint density at radius 3 is 2.40 bits per heavy atom. The van der Waals surface area contributed by atoms with Crippen molar-refractivity contribution in [3.63, 3.8) is 0 Å². The Hall–Kier alpha value is -3.19. The first kappa shape index (κ1) is 23.5. The van der Waals surface area contributed by atoms with Crippen LogP contribution in [0.3, 0.4) is 0 Å². The Morgan fingerprint density at radius 2 is 1.74 bits per heavy atom. The maximum absolute atomic E-state index is 12.1. The van der Waals surface area contributed by atoms with Gasteiger partial charge in [-0.2, -0.15) is 9.61 Å². The molecule has 5 rings (SSSR count). The highest BCUT2D eigenvalue weighted by Crippen LogP contribution is 2.29. The van der Waals surface area contributed by atoms with Gasteiger partial charge in [-0.25, -0.2) is 22.9 Å². The van der Waals surface area contributed by atoms with Gasteiger partial charge in [0.2, 0.25) is 10.0 Å². The van der Waals surface area contributed by atoms with Crippen LogP contribution < -0.4 is 26.0 Å². The largest absolute Gasteiger partial charge is 0.367 e. The molecule has 0 unspecified atom stereocenters. The van der Waals surface area contributed by atoms with E-state index in [2.05, 4.69) is 31.1 Å². The Bertz CT molecular complexity index is 1280. The molecule has 3 aliphatic rings. The van der Waals surface area contributed by atoms with E-state index in [-0.39, 0.29) is 23.5 Å². The third-order valence-electron chi connectivity index (χ3n) is 6.35. The Kier molecular flexibility index (Phi) is 6.36. The van der Waals surface area contributed by atoms with Crippen LogP contribution in [-0.4, -0.2) is 58.8 Å². The van der Waals surface area contributed by atoms with Gasteiger partial charge < -0.3 is 16.0 Å². The molecule has 12 nitrogen and oxygen atoms in total. The monoisotopic (exact) mass is 502 g/mol. The molecule has 1 saturated heterocycles. The van der Waals surface area contributed by atoms with Crippen LogP contribution in [-0.2, 0) is 14.8 Å². The standard InChI is InChI=1S/C22H30N8O4S/c1-2-9-35(33,34)29-16-7-5-14(6-8-16)24-18-11-19(25-15-3-4-15)30-20(27-18)13(12-23-30)10-17-21(31)28-22(32)26-17/h10-12,14-16,25,29H,2-9H2,1H3,(H,24,27)(H2,26,28,31,32)/b17-10-/t14-,16-. The number of sulfonamides is 1. The number of amides is 3. The van der Waals surface area contributed by atoms with E-state index in [0.717, 1.165) is 44.3 Å². The van der Waals surface area contributed by atoms with Gasteiger partial charge in [0.1, 0.15) is 17.3 Å². The van der Waals surface area contributed by atoms with Gasteiger partial charge in [0.05, 0.1) is 11.9 Å². The molecule has 5 N–H and O–H groups in total. The average molecular weight is 503 g/mol. The predicted octanol–water partition coefficient (Wildman–Crippen LogP) is 1.54. The van der Waals surface area contributed by atoms with Crippen LogP contribution in [0.25, 0.3) is 11.7 Å². The van der Waals surface area contributed by atoms with Crippen molar-refractivity contribution in [1.29, 1.82) is 0 Å². The van der Waals surface area contributed by atoms with Crippen molar-refractivity contribution < 1.29 is 18.0 Å². The summed E-state index contributed by atoms with van der Waals surface area (Å²) in [5.74, 6) is 1.13. The summed E-state index contributed by atoms with van der Waals surface area (Å²) in [6.45, 7) is 1.86. The Balaban J connectivity index is 1.34. The fourth-order valence-electron chi connectivity index (χ4n) is 4.48. The summed E-state index contributed by atoms with van der Waals surface area (Å²) >= 11 is 0. The zero-order valence-corrected chi connectivity index (χ0v) is 20.3. The minimum absolute atomic E-state index is 0.0343. The number of nitrogens with one attached hydrogen (secondary N) is 5. The molecule has 3 heterocycles. The average Bonchev–Trinajstić information content (AvgIpc) is 3.43. The number of carbonyl (C=O) groups excluding carboxylic acids is 2. The highest BCUT2D eigenvalue weighted by Gasteiger charge is 2.27. The summed E-state index contributed by atoms with van der Waals surface area (Å²) in [5, 5.41) is 16.1. The Labute approximate surface area is 203 Å². The number of nitrogens with zero attached hydrogens (tertiary/aromatic N) is 3. The van der Waals surface area contributed by atoms with Crippen molar-refractivity contribution in [2.75, 3.05) is 16.4 Å². The third-order valence-corrected chi connectivity index (χ3v) is 7.98. The second-order valence-electron chi connectivity index (χ2n) is 9.38. The maximum Gasteiger partial charge on any atom is 0.326 e. The number of rotatable bonds is 9. The molecule has 188 valence electrons. The fourth-order valence-corrected chi connectivity index (χ4v) is 5.88. The predicted molar refractivity (Wildman–Crippen MR) is 131 cm³/mol. The second kappa shape index (κ2) is 9.46. The smallest absolute Gasteiger partial charge is 0.326 e. The lowest BCUT2D eigenvalue weighted by Crippen LogP contribution is -2.41. The minimum atomic E-state index is -3.22. The Morgan fingerprint density at radius 1 is 1.06 bits per heavy atom. The topological polar surface area (TPSA) is 159 Å². The summed E-state index contributed by atoms with van der Waals surface area (Å²) in [5.41, 5.74) is 1.31. The van der Waals surface area contributed by atoms with Gasteiger partial charge in [0.25, 0.3) is 5.91 Å². The molecule has 3 fully saturated rings. The van der Waals surface area contributed by atoms with E-state index in [1.54, 1.807) is 16.8 Å². The number of hydrogen-bond acceptors (Lipinski definition) is 8. The lowest BCUT2D eigenvalue weighted by molar-refractivity contribution is -0.115. The van der Waals surface area contributed by atoms with Crippen LogP contribution in [0.2, 0.25) is 0 Å². The summed E-state index contributed by atoms with van der Waals surface area (Å²) < 4.78 is 28.7. The summed E-state index contributed by atoms with van der Waals surface area (Å²) in [7, 11) is -3.22. The molecule has 3 amide bonds. The molecular formula is C22H30N8O4S. The fraction of sp³-hybridized carbons (Fsp3) is 0.545. The van der Waals surface area contributed by atoms with E-state index in [4.69, 9.17) is 4.98 Å². The summed E-state index contributed by atoms with van der Waals surface area (Å²) in [4.78, 5) is 28.2. The molecule has 2 aromatic heterocycles. The lowest BCUT2D eigenvalue weighted by atomic mass is 9.92. The maximum atomic E-state index is 12.1. The van der Waals surface area contributed by atoms with E-state index in [1.807, 2.05) is 13.0 Å². The quantitative estimate of drug-likeness (QED) is 0.255. The molecule has 2 aromatic rings. The van der Waals surface area contributed by atoms with Gasteiger partial charge in [-0.05, 0) is 51.0 Å². The van der Waals surface area contributed by atoms with Crippen LogP contribution >= 0.6 is 0 Å². The summed E-state index contributed by atoms with van der Waals surface area (Å²) in [6, 6.07) is 1.89. The normalized spacial score (nSPS) is 24.0. The van der Waals surface area contributed by atoms with E-state index in [1.165, 1.54) is 0 Å². The van der Waals surface area contributed by atoms with Crippen molar-refractivity contribution >= 4 is 45.3 Å². The van der Waals surface area contributed by atoms with E-state index >= 15 is 0 Å². The molecule has 2 saturated carbocycles. The van der Waals surface area contributed by atoms with E-state index in [0.29, 0.717) is 29.5 Å². The van der Waals surface area contributed by atoms with Crippen molar-refractivity contribution in [1.82, 2.24) is 30.0 Å². The lowest BCUT2D eigenvalue weighted by Gasteiger charge is -2.30. The number of imide groups is 1. The zero-order valence-electron chi connectivity index (χ0n) is 19.5. The SMILES string of the molecule is CCCS(=O)(=O)N[C@H]1CC[C@H](Nc2cc(NC3CC3)n3ncc(/C=C4\NC(=O)NC4=O)c3n2)CC1. The number of hydrogen-bond donors (Lipinski definition) is 5. The molecule has 0 radical (unpaired) electrons. The van der Waals surface area contributed by atoms with Crippen LogP contribution in [0.5, 0.6) is 0 Å². The number of anilines is 2. The zero-order chi connectivity index (χ0) is 24.6. The first-order valence-corrected chi connectivity index (χ1v) is 13.7. The minimum Gasteiger partial charge on any atom is -0.367 e. The van der Waals surface area contributed by atoms with Crippen LogP contribution in [0.4, 0.5) is 16.4 Å². The molecule has 13 heteroatoms. The molecular weight excluding hydrogens is 472 g/mol. The number of fused-ring (bicyclic) bond motifs is 1. The van der Waals surface area contributed by atoms with Crippen LogP contribution in [0.1, 0.15) is 57.4 Å². The van der Waals surface area contributed by atoms with E-state index in [9.17, 15) is 18.0 Å². The number of carbonyl (C=O) groups is 2. The molecule has 0 aromatic carbocycles. The van der Waals surface area contributed by atoms with Gasteiger partial charge in [0.15, 0.2) is 5.65 Å². The second-order valence-corrected chi connectivity index (χ2v) is 11.2. The van der Waals surface area contributed by atoms with Crippen molar-refractivity contribution in [2.24, 2.45) is 0 Å². The highest BCUT2D eigenvalue weighted by molar-refractivity contribution is 7.89. The van der Waals surface area contributed by atoms with Crippen LogP contribution in [0, 0.1) is 0 Å². The van der Waals surface area contributed by atoms with Crippen molar-refractivity contribution in [3.05, 3.63) is 23.5 Å². The van der Waals surface area contributed by atoms with Gasteiger partial charge in [-0.15, -0.1) is 0 Å². The van der Waals surface area contributed by atoms with Gasteiger partial charge >= 0.3 is 6.03 Å². The highest BCUT2D eigenvalue weighted by atomic mass is 32.2. The molecule has 35 heavy (non-hydrogen) atoms. The third kappa shape index (κ3) is 5.56. The van der Waals surface area contributed by atoms with Gasteiger partial charge in [-0.1, -0.05) is 6.92 Å². The molecule has 0 atom stereocenters. The van der Waals surface area contributed by atoms with Gasteiger partial charge in [0, 0.05) is 29.8 Å².